The quantitative estimate of drug-likeness (QED) is 0.736. The number of ether oxygens (including phenoxy) is 2. The van der Waals surface area contributed by atoms with Crippen molar-refractivity contribution in [3.8, 4) is 11.5 Å². The van der Waals surface area contributed by atoms with Gasteiger partial charge in [-0.2, -0.15) is 11.8 Å². The molecule has 128 valence electrons. The van der Waals surface area contributed by atoms with Crippen molar-refractivity contribution >= 4 is 17.7 Å². The summed E-state index contributed by atoms with van der Waals surface area (Å²) in [6, 6.07) is 7.30. The zero-order valence-corrected chi connectivity index (χ0v) is 14.9. The fraction of sp³-hybridized carbons (Fsp3) is 0.611. The third kappa shape index (κ3) is 6.34. The molecule has 0 radical (unpaired) electrons. The Kier molecular flexibility index (Phi) is 7.59. The summed E-state index contributed by atoms with van der Waals surface area (Å²) in [5.41, 5.74) is 0. The van der Waals surface area contributed by atoms with Crippen LogP contribution in [0, 0.1) is 0 Å². The molecule has 1 aromatic carbocycles. The molecular formula is C18H27NO3S. The summed E-state index contributed by atoms with van der Waals surface area (Å²) in [6.45, 7) is 2.47. The number of hydrogen-bond acceptors (Lipinski definition) is 4. The summed E-state index contributed by atoms with van der Waals surface area (Å²) < 4.78 is 10.8. The highest BCUT2D eigenvalue weighted by Gasteiger charge is 2.16. The van der Waals surface area contributed by atoms with Gasteiger partial charge in [0.15, 0.2) is 6.10 Å². The lowest BCUT2D eigenvalue weighted by Gasteiger charge is -2.21. The molecule has 1 N–H and O–H groups in total. The highest BCUT2D eigenvalue weighted by Crippen LogP contribution is 2.27. The van der Waals surface area contributed by atoms with Gasteiger partial charge in [-0.1, -0.05) is 25.3 Å². The van der Waals surface area contributed by atoms with Crippen LogP contribution in [0.15, 0.2) is 24.3 Å². The fourth-order valence-electron chi connectivity index (χ4n) is 2.71. The van der Waals surface area contributed by atoms with Gasteiger partial charge < -0.3 is 14.8 Å². The molecule has 1 aromatic rings. The first-order valence-electron chi connectivity index (χ1n) is 8.39. The molecule has 1 aliphatic rings. The van der Waals surface area contributed by atoms with Crippen molar-refractivity contribution in [3.05, 3.63) is 24.3 Å². The van der Waals surface area contributed by atoms with Gasteiger partial charge in [0.25, 0.3) is 5.91 Å². The zero-order valence-electron chi connectivity index (χ0n) is 14.0. The first-order chi connectivity index (χ1) is 11.2. The number of carbonyl (C=O) groups is 1. The van der Waals surface area contributed by atoms with Crippen molar-refractivity contribution < 1.29 is 14.3 Å². The minimum absolute atomic E-state index is 0.0722. The summed E-state index contributed by atoms with van der Waals surface area (Å²) in [7, 11) is 1.61. The standard InChI is InChI=1S/C18H27NO3S/c1-14(22-16-8-6-7-15(13-16)21-2)18(20)19-11-12-23-17-9-4-3-5-10-17/h6-8,13-14,17H,3-5,9-12H2,1-2H3,(H,19,20)/t14-/m1/s1. The predicted octanol–water partition coefficient (Wildman–Crippen LogP) is 3.64. The Labute approximate surface area is 143 Å². The van der Waals surface area contributed by atoms with Crippen LogP contribution in [-0.4, -0.2) is 36.7 Å². The van der Waals surface area contributed by atoms with Crippen LogP contribution in [0.25, 0.3) is 0 Å². The minimum atomic E-state index is -0.512. The molecule has 0 saturated heterocycles. The lowest BCUT2D eigenvalue weighted by molar-refractivity contribution is -0.127. The van der Waals surface area contributed by atoms with E-state index in [9.17, 15) is 4.79 Å². The Balaban J connectivity index is 1.65. The summed E-state index contributed by atoms with van der Waals surface area (Å²) in [5, 5.41) is 3.74. The van der Waals surface area contributed by atoms with Crippen molar-refractivity contribution in [2.45, 2.75) is 50.4 Å². The Hall–Kier alpha value is -1.36. The monoisotopic (exact) mass is 337 g/mol. The number of nitrogens with one attached hydrogen (secondary N) is 1. The van der Waals surface area contributed by atoms with Crippen molar-refractivity contribution in [2.24, 2.45) is 0 Å². The molecule has 0 spiro atoms. The average molecular weight is 337 g/mol. The van der Waals surface area contributed by atoms with Crippen LogP contribution in [-0.2, 0) is 4.79 Å². The largest absolute Gasteiger partial charge is 0.497 e. The SMILES string of the molecule is COc1cccc(O[C@H](C)C(=O)NCCSC2CCCCC2)c1. The number of hydrogen-bond donors (Lipinski definition) is 1. The van der Waals surface area contributed by atoms with Crippen LogP contribution in [0.1, 0.15) is 39.0 Å². The van der Waals surface area contributed by atoms with Gasteiger partial charge in [0, 0.05) is 23.6 Å². The Bertz CT molecular complexity index is 489. The maximum absolute atomic E-state index is 12.1. The van der Waals surface area contributed by atoms with Crippen molar-refractivity contribution in [1.82, 2.24) is 5.32 Å². The van der Waals surface area contributed by atoms with Crippen LogP contribution in [0.3, 0.4) is 0 Å². The van der Waals surface area contributed by atoms with Crippen molar-refractivity contribution in [2.75, 3.05) is 19.4 Å². The zero-order chi connectivity index (χ0) is 16.5. The molecule has 1 atom stereocenters. The minimum Gasteiger partial charge on any atom is -0.497 e. The van der Waals surface area contributed by atoms with Crippen LogP contribution in [0.2, 0.25) is 0 Å². The molecule has 23 heavy (non-hydrogen) atoms. The molecule has 0 heterocycles. The molecule has 0 aromatic heterocycles. The van der Waals surface area contributed by atoms with E-state index in [0.717, 1.165) is 16.8 Å². The van der Waals surface area contributed by atoms with Crippen LogP contribution < -0.4 is 14.8 Å². The van der Waals surface area contributed by atoms with Gasteiger partial charge in [-0.15, -0.1) is 0 Å². The van der Waals surface area contributed by atoms with E-state index in [1.54, 1.807) is 20.1 Å². The van der Waals surface area contributed by atoms with E-state index >= 15 is 0 Å². The first-order valence-corrected chi connectivity index (χ1v) is 9.44. The molecule has 1 saturated carbocycles. The lowest BCUT2D eigenvalue weighted by Crippen LogP contribution is -2.37. The lowest BCUT2D eigenvalue weighted by atomic mass is 10.0. The molecular weight excluding hydrogens is 310 g/mol. The molecule has 5 heteroatoms. The number of methoxy groups -OCH3 is 1. The number of benzene rings is 1. The Morgan fingerprint density at radius 2 is 2.04 bits per heavy atom. The number of thioether (sulfide) groups is 1. The van der Waals surface area contributed by atoms with E-state index in [-0.39, 0.29) is 5.91 Å². The Morgan fingerprint density at radius 1 is 1.30 bits per heavy atom. The number of amides is 1. The molecule has 0 aliphatic heterocycles. The third-order valence-corrected chi connectivity index (χ3v) is 5.41. The fourth-order valence-corrected chi connectivity index (χ4v) is 3.93. The maximum atomic E-state index is 12.1. The highest BCUT2D eigenvalue weighted by atomic mass is 32.2. The maximum Gasteiger partial charge on any atom is 0.260 e. The van der Waals surface area contributed by atoms with E-state index in [1.165, 1.54) is 32.1 Å². The normalized spacial score (nSPS) is 16.6. The van der Waals surface area contributed by atoms with Crippen LogP contribution >= 0.6 is 11.8 Å². The van der Waals surface area contributed by atoms with Gasteiger partial charge in [-0.25, -0.2) is 0 Å². The van der Waals surface area contributed by atoms with Crippen LogP contribution in [0.4, 0.5) is 0 Å². The summed E-state index contributed by atoms with van der Waals surface area (Å²) >= 11 is 1.99. The first kappa shape index (κ1) is 18.0. The van der Waals surface area contributed by atoms with Gasteiger partial charge in [-0.05, 0) is 31.9 Å². The molecule has 1 aliphatic carbocycles. The van der Waals surface area contributed by atoms with E-state index in [0.29, 0.717) is 12.3 Å². The second-order valence-electron chi connectivity index (χ2n) is 5.86. The van der Waals surface area contributed by atoms with E-state index in [4.69, 9.17) is 9.47 Å². The van der Waals surface area contributed by atoms with Crippen molar-refractivity contribution in [3.63, 3.8) is 0 Å². The number of carbonyl (C=O) groups excluding carboxylic acids is 1. The van der Waals surface area contributed by atoms with Gasteiger partial charge in [-0.3, -0.25) is 4.79 Å². The summed E-state index contributed by atoms with van der Waals surface area (Å²) in [4.78, 5) is 12.1. The highest BCUT2D eigenvalue weighted by molar-refractivity contribution is 7.99. The van der Waals surface area contributed by atoms with E-state index in [2.05, 4.69) is 5.32 Å². The van der Waals surface area contributed by atoms with Gasteiger partial charge in [0.2, 0.25) is 0 Å². The second kappa shape index (κ2) is 9.71. The van der Waals surface area contributed by atoms with Gasteiger partial charge in [0.1, 0.15) is 11.5 Å². The smallest absolute Gasteiger partial charge is 0.260 e. The topological polar surface area (TPSA) is 47.6 Å². The molecule has 4 nitrogen and oxygen atoms in total. The van der Waals surface area contributed by atoms with Gasteiger partial charge in [0.05, 0.1) is 7.11 Å². The summed E-state index contributed by atoms with van der Waals surface area (Å²) in [5.74, 6) is 2.27. The third-order valence-electron chi connectivity index (χ3n) is 4.03. The van der Waals surface area contributed by atoms with Crippen molar-refractivity contribution in [1.29, 1.82) is 0 Å². The molecule has 0 unspecified atom stereocenters. The van der Waals surface area contributed by atoms with Crippen LogP contribution in [0.5, 0.6) is 11.5 Å². The number of rotatable bonds is 8. The Morgan fingerprint density at radius 3 is 2.78 bits per heavy atom. The molecule has 0 bridgehead atoms. The van der Waals surface area contributed by atoms with Gasteiger partial charge >= 0.3 is 0 Å². The van der Waals surface area contributed by atoms with E-state index < -0.39 is 6.10 Å². The molecule has 1 fully saturated rings. The molecule has 1 amide bonds. The predicted molar refractivity (Wildman–Crippen MR) is 95.4 cm³/mol. The second-order valence-corrected chi connectivity index (χ2v) is 7.27. The summed E-state index contributed by atoms with van der Waals surface area (Å²) in [6.07, 6.45) is 6.24. The molecule has 2 rings (SSSR count). The van der Waals surface area contributed by atoms with E-state index in [1.807, 2.05) is 30.0 Å². The average Bonchev–Trinajstić information content (AvgIpc) is 2.59.